The number of fused-ring (bicyclic) bond motifs is 6. The molecule has 2 atom stereocenters. The summed E-state index contributed by atoms with van der Waals surface area (Å²) >= 11 is 0. The first kappa shape index (κ1) is 15.9. The maximum Gasteiger partial charge on any atom is 0.308 e. The largest absolute Gasteiger partial charge is 0.426 e. The zero-order chi connectivity index (χ0) is 18.0. The first-order valence-corrected chi connectivity index (χ1v) is 8.42. The Balaban J connectivity index is 2.17. The van der Waals surface area contributed by atoms with Crippen molar-refractivity contribution in [3.63, 3.8) is 0 Å². The van der Waals surface area contributed by atoms with E-state index in [1.165, 1.54) is 13.8 Å². The number of ether oxygens (including phenoxy) is 2. The SMILES string of the molecule is CC(=O)Oc1c2c(c(OC(C)=O)c3ccccc13)[C@]1(C)C=C[C@]2(C)C1. The Kier molecular flexibility index (Phi) is 3.14. The van der Waals surface area contributed by atoms with Gasteiger partial charge in [-0.25, -0.2) is 0 Å². The Morgan fingerprint density at radius 1 is 0.840 bits per heavy atom. The van der Waals surface area contributed by atoms with Gasteiger partial charge in [0.05, 0.1) is 0 Å². The monoisotopic (exact) mass is 336 g/mol. The van der Waals surface area contributed by atoms with Gasteiger partial charge in [0.2, 0.25) is 0 Å². The number of benzene rings is 2. The summed E-state index contributed by atoms with van der Waals surface area (Å²) in [6.45, 7) is 7.10. The third kappa shape index (κ3) is 2.13. The molecule has 2 aromatic carbocycles. The van der Waals surface area contributed by atoms with E-state index in [1.807, 2.05) is 24.3 Å². The van der Waals surface area contributed by atoms with Crippen molar-refractivity contribution in [2.24, 2.45) is 0 Å². The molecule has 128 valence electrons. The summed E-state index contributed by atoms with van der Waals surface area (Å²) in [4.78, 5) is 23.6. The van der Waals surface area contributed by atoms with Crippen LogP contribution in [0.25, 0.3) is 10.8 Å². The molecule has 25 heavy (non-hydrogen) atoms. The lowest BCUT2D eigenvalue weighted by Gasteiger charge is -2.28. The van der Waals surface area contributed by atoms with E-state index in [2.05, 4.69) is 26.0 Å². The maximum absolute atomic E-state index is 11.8. The fraction of sp³-hybridized carbons (Fsp3) is 0.333. The number of hydrogen-bond donors (Lipinski definition) is 0. The average molecular weight is 336 g/mol. The minimum Gasteiger partial charge on any atom is -0.426 e. The fourth-order valence-electron chi connectivity index (χ4n) is 4.56. The highest BCUT2D eigenvalue weighted by molar-refractivity contribution is 6.00. The van der Waals surface area contributed by atoms with Crippen LogP contribution in [-0.2, 0) is 20.4 Å². The van der Waals surface area contributed by atoms with Crippen LogP contribution < -0.4 is 9.47 Å². The van der Waals surface area contributed by atoms with Crippen molar-refractivity contribution in [2.75, 3.05) is 0 Å². The molecule has 4 nitrogen and oxygen atoms in total. The van der Waals surface area contributed by atoms with Gasteiger partial charge in [0, 0.05) is 46.6 Å². The van der Waals surface area contributed by atoms with E-state index in [1.54, 1.807) is 0 Å². The second-order valence-corrected chi connectivity index (χ2v) is 7.49. The smallest absolute Gasteiger partial charge is 0.308 e. The Labute approximate surface area is 146 Å². The minimum absolute atomic E-state index is 0.242. The van der Waals surface area contributed by atoms with Gasteiger partial charge >= 0.3 is 11.9 Å². The molecule has 0 aromatic heterocycles. The highest BCUT2D eigenvalue weighted by Gasteiger charge is 2.53. The molecule has 0 saturated carbocycles. The van der Waals surface area contributed by atoms with Crippen molar-refractivity contribution in [3.05, 3.63) is 47.5 Å². The lowest BCUT2D eigenvalue weighted by atomic mass is 9.80. The number of esters is 2. The Bertz CT molecular complexity index is 895. The lowest BCUT2D eigenvalue weighted by Crippen LogP contribution is -2.19. The Morgan fingerprint density at radius 2 is 1.24 bits per heavy atom. The van der Waals surface area contributed by atoms with Gasteiger partial charge in [-0.05, 0) is 6.42 Å². The highest BCUT2D eigenvalue weighted by Crippen LogP contribution is 2.63. The minimum atomic E-state index is -0.354. The second-order valence-electron chi connectivity index (χ2n) is 7.49. The topological polar surface area (TPSA) is 52.6 Å². The van der Waals surface area contributed by atoms with Crippen molar-refractivity contribution in [3.8, 4) is 11.5 Å². The van der Waals surface area contributed by atoms with Crippen LogP contribution in [0, 0.1) is 0 Å². The van der Waals surface area contributed by atoms with E-state index in [-0.39, 0.29) is 22.8 Å². The second kappa shape index (κ2) is 4.94. The van der Waals surface area contributed by atoms with Crippen molar-refractivity contribution >= 4 is 22.7 Å². The molecule has 0 saturated heterocycles. The van der Waals surface area contributed by atoms with Crippen LogP contribution >= 0.6 is 0 Å². The number of carbonyl (C=O) groups is 2. The summed E-state index contributed by atoms with van der Waals surface area (Å²) in [6.07, 6.45) is 5.22. The number of hydrogen-bond acceptors (Lipinski definition) is 4. The van der Waals surface area contributed by atoms with Crippen molar-refractivity contribution in [1.82, 2.24) is 0 Å². The van der Waals surface area contributed by atoms with Gasteiger partial charge in [-0.3, -0.25) is 9.59 Å². The van der Waals surface area contributed by atoms with Crippen LogP contribution in [0.1, 0.15) is 45.2 Å². The van der Waals surface area contributed by atoms with Crippen LogP contribution in [-0.4, -0.2) is 11.9 Å². The van der Waals surface area contributed by atoms with Crippen LogP contribution in [0.4, 0.5) is 0 Å². The number of carbonyl (C=O) groups excluding carboxylic acids is 2. The number of allylic oxidation sites excluding steroid dienone is 2. The van der Waals surface area contributed by atoms with Gasteiger partial charge in [-0.2, -0.15) is 0 Å². The first-order valence-electron chi connectivity index (χ1n) is 8.42. The van der Waals surface area contributed by atoms with Crippen molar-refractivity contribution in [1.29, 1.82) is 0 Å². The molecule has 0 radical (unpaired) electrons. The third-order valence-corrected chi connectivity index (χ3v) is 5.31. The Morgan fingerprint density at radius 3 is 1.60 bits per heavy atom. The van der Waals surface area contributed by atoms with Crippen LogP contribution in [0.15, 0.2) is 36.4 Å². The quantitative estimate of drug-likeness (QED) is 0.469. The standard InChI is InChI=1S/C21H20O4/c1-12(22)24-18-14-7-5-6-8-15(14)19(25-13(2)23)17-16(18)20(3)9-10-21(17,4)11-20/h5-10H,11H2,1-4H3/t20-,21-/m1/s1. The molecule has 0 fully saturated rings. The average Bonchev–Trinajstić information content (AvgIpc) is 2.96. The summed E-state index contributed by atoms with van der Waals surface area (Å²) in [5.41, 5.74) is 1.44. The van der Waals surface area contributed by atoms with E-state index >= 15 is 0 Å². The molecule has 0 amide bonds. The predicted molar refractivity (Wildman–Crippen MR) is 95.0 cm³/mol. The van der Waals surface area contributed by atoms with E-state index in [4.69, 9.17) is 9.47 Å². The summed E-state index contributed by atoms with van der Waals surface area (Å²) < 4.78 is 11.4. The molecule has 2 aliphatic rings. The molecular formula is C21H20O4. The zero-order valence-electron chi connectivity index (χ0n) is 14.8. The van der Waals surface area contributed by atoms with E-state index in [9.17, 15) is 9.59 Å². The molecule has 0 aliphatic heterocycles. The summed E-state index contributed by atoms with van der Waals surface area (Å²) in [6, 6.07) is 7.60. The van der Waals surface area contributed by atoms with Gasteiger partial charge in [0.15, 0.2) is 0 Å². The molecule has 0 unspecified atom stereocenters. The first-order chi connectivity index (χ1) is 11.8. The summed E-state index contributed by atoms with van der Waals surface area (Å²) in [7, 11) is 0. The molecule has 0 heterocycles. The van der Waals surface area contributed by atoms with E-state index < -0.39 is 0 Å². The molecule has 0 N–H and O–H groups in total. The maximum atomic E-state index is 11.8. The normalized spacial score (nSPS) is 25.9. The zero-order valence-corrected chi connectivity index (χ0v) is 14.8. The van der Waals surface area contributed by atoms with Crippen LogP contribution in [0.2, 0.25) is 0 Å². The summed E-state index contributed by atoms with van der Waals surface area (Å²) in [5, 5.41) is 1.58. The lowest BCUT2D eigenvalue weighted by molar-refractivity contribution is -0.133. The molecule has 4 rings (SSSR count). The van der Waals surface area contributed by atoms with Gasteiger partial charge < -0.3 is 9.47 Å². The van der Waals surface area contributed by atoms with Gasteiger partial charge in [-0.1, -0.05) is 50.3 Å². The van der Waals surface area contributed by atoms with Gasteiger partial charge in [0.1, 0.15) is 11.5 Å². The van der Waals surface area contributed by atoms with E-state index in [0.29, 0.717) is 11.5 Å². The molecule has 4 heteroatoms. The fourth-order valence-corrected chi connectivity index (χ4v) is 4.56. The van der Waals surface area contributed by atoms with E-state index in [0.717, 1.165) is 28.3 Å². The van der Waals surface area contributed by atoms with Crippen molar-refractivity contribution in [2.45, 2.75) is 44.9 Å². The molecular weight excluding hydrogens is 316 g/mol. The molecule has 2 aromatic rings. The summed E-state index contributed by atoms with van der Waals surface area (Å²) in [5.74, 6) is 0.468. The number of rotatable bonds is 2. The Hall–Kier alpha value is -2.62. The molecule has 0 spiro atoms. The predicted octanol–water partition coefficient (Wildman–Crippen LogP) is 4.18. The van der Waals surface area contributed by atoms with Crippen molar-refractivity contribution < 1.29 is 19.1 Å². The van der Waals surface area contributed by atoms with Gasteiger partial charge in [-0.15, -0.1) is 0 Å². The molecule has 2 bridgehead atoms. The van der Waals surface area contributed by atoms with Gasteiger partial charge in [0.25, 0.3) is 0 Å². The van der Waals surface area contributed by atoms with Crippen LogP contribution in [0.3, 0.4) is 0 Å². The van der Waals surface area contributed by atoms with Crippen LogP contribution in [0.5, 0.6) is 11.5 Å². The molecule has 2 aliphatic carbocycles. The highest BCUT2D eigenvalue weighted by atomic mass is 16.5. The third-order valence-electron chi connectivity index (χ3n) is 5.31.